The lowest BCUT2D eigenvalue weighted by atomic mass is 9.90. The first-order valence-corrected chi connectivity index (χ1v) is 9.76. The number of carbonyl (C=O) groups is 1. The number of non-ortho nitro benzene ring substituents is 2. The Balaban J connectivity index is 1.72. The second kappa shape index (κ2) is 9.45. The van der Waals surface area contributed by atoms with Crippen molar-refractivity contribution >= 4 is 34.1 Å². The van der Waals surface area contributed by atoms with Gasteiger partial charge in [-0.05, 0) is 37.1 Å². The van der Waals surface area contributed by atoms with E-state index in [2.05, 4.69) is 10.3 Å². The Morgan fingerprint density at radius 3 is 1.93 bits per heavy atom. The monoisotopic (exact) mass is 430 g/mol. The minimum absolute atomic E-state index is 0.0332. The van der Waals surface area contributed by atoms with Crippen molar-refractivity contribution in [3.05, 3.63) is 79.9 Å². The van der Waals surface area contributed by atoms with Gasteiger partial charge in [-0.2, -0.15) is 0 Å². The van der Waals surface area contributed by atoms with Gasteiger partial charge in [-0.1, -0.05) is 24.4 Å². The fourth-order valence-electron chi connectivity index (χ4n) is 3.36. The Morgan fingerprint density at radius 1 is 0.900 bits per heavy atom. The number of halogens is 1. The van der Waals surface area contributed by atoms with Gasteiger partial charge in [-0.3, -0.25) is 30.0 Å². The summed E-state index contributed by atoms with van der Waals surface area (Å²) in [7, 11) is 0. The molecule has 10 heteroatoms. The normalized spacial score (nSPS) is 19.2. The summed E-state index contributed by atoms with van der Waals surface area (Å²) in [5.74, 6) is -0.330. The molecule has 0 bridgehead atoms. The molecule has 0 saturated heterocycles. The molecule has 1 saturated carbocycles. The van der Waals surface area contributed by atoms with Crippen LogP contribution in [-0.4, -0.2) is 33.0 Å². The number of amides is 1. The molecular formula is C20H19ClN4O5. The molecule has 1 N–H and O–H groups in total. The van der Waals surface area contributed by atoms with E-state index in [1.165, 1.54) is 48.5 Å². The predicted octanol–water partition coefficient (Wildman–Crippen LogP) is 4.23. The van der Waals surface area contributed by atoms with E-state index >= 15 is 0 Å². The summed E-state index contributed by atoms with van der Waals surface area (Å²) >= 11 is 6.34. The zero-order chi connectivity index (χ0) is 21.7. The van der Waals surface area contributed by atoms with Crippen molar-refractivity contribution in [2.45, 2.75) is 37.8 Å². The van der Waals surface area contributed by atoms with Gasteiger partial charge in [0, 0.05) is 35.4 Å². The Morgan fingerprint density at radius 2 is 1.40 bits per heavy atom. The molecule has 0 aromatic heterocycles. The molecule has 1 fully saturated rings. The van der Waals surface area contributed by atoms with Crippen LogP contribution >= 0.6 is 11.6 Å². The molecule has 0 aliphatic heterocycles. The molecule has 2 aromatic carbocycles. The SMILES string of the molecule is O=C(N[C@@H]1CCCC[C@H]1N=C(Cl)c1ccc([N+](=O)[O-])cc1)c1ccc([N+](=O)[O-])cc1. The zero-order valence-corrected chi connectivity index (χ0v) is 16.6. The highest BCUT2D eigenvalue weighted by Gasteiger charge is 2.27. The van der Waals surface area contributed by atoms with Crippen LogP contribution in [0.15, 0.2) is 53.5 Å². The summed E-state index contributed by atoms with van der Waals surface area (Å²) in [4.78, 5) is 37.7. The lowest BCUT2D eigenvalue weighted by Gasteiger charge is -2.29. The fourth-order valence-corrected chi connectivity index (χ4v) is 3.61. The number of carbonyl (C=O) groups excluding carboxylic acids is 1. The van der Waals surface area contributed by atoms with Gasteiger partial charge >= 0.3 is 0 Å². The van der Waals surface area contributed by atoms with Gasteiger partial charge in [-0.25, -0.2) is 0 Å². The number of hydrogen-bond donors (Lipinski definition) is 1. The second-order valence-corrected chi connectivity index (χ2v) is 7.32. The van der Waals surface area contributed by atoms with E-state index in [0.29, 0.717) is 11.1 Å². The lowest BCUT2D eigenvalue weighted by Crippen LogP contribution is -2.44. The fraction of sp³-hybridized carbons (Fsp3) is 0.300. The van der Waals surface area contributed by atoms with Gasteiger partial charge in [0.1, 0.15) is 5.17 Å². The van der Waals surface area contributed by atoms with Crippen molar-refractivity contribution in [2.75, 3.05) is 0 Å². The molecule has 3 rings (SSSR count). The van der Waals surface area contributed by atoms with Gasteiger partial charge in [0.25, 0.3) is 17.3 Å². The van der Waals surface area contributed by atoms with Crippen molar-refractivity contribution in [3.63, 3.8) is 0 Å². The van der Waals surface area contributed by atoms with E-state index in [9.17, 15) is 25.0 Å². The highest BCUT2D eigenvalue weighted by Crippen LogP contribution is 2.24. The molecule has 9 nitrogen and oxygen atoms in total. The Bertz CT molecular complexity index is 976. The van der Waals surface area contributed by atoms with Gasteiger partial charge in [0.15, 0.2) is 0 Å². The lowest BCUT2D eigenvalue weighted by molar-refractivity contribution is -0.385. The average molecular weight is 431 g/mol. The molecule has 1 aliphatic carbocycles. The first-order chi connectivity index (χ1) is 14.3. The molecule has 0 unspecified atom stereocenters. The molecular weight excluding hydrogens is 412 g/mol. The van der Waals surface area contributed by atoms with Crippen LogP contribution in [0.25, 0.3) is 0 Å². The minimum Gasteiger partial charge on any atom is -0.347 e. The number of rotatable bonds is 6. The van der Waals surface area contributed by atoms with Crippen LogP contribution in [0.3, 0.4) is 0 Å². The van der Waals surface area contributed by atoms with E-state index < -0.39 is 9.85 Å². The van der Waals surface area contributed by atoms with Crippen molar-refractivity contribution in [2.24, 2.45) is 4.99 Å². The first-order valence-electron chi connectivity index (χ1n) is 9.38. The van der Waals surface area contributed by atoms with Gasteiger partial charge in [-0.15, -0.1) is 0 Å². The largest absolute Gasteiger partial charge is 0.347 e. The molecule has 0 spiro atoms. The van der Waals surface area contributed by atoms with Crippen LogP contribution in [0.1, 0.15) is 41.6 Å². The zero-order valence-electron chi connectivity index (χ0n) is 15.9. The van der Waals surface area contributed by atoms with Crippen LogP contribution in [0.4, 0.5) is 11.4 Å². The van der Waals surface area contributed by atoms with E-state index in [0.717, 1.165) is 25.7 Å². The predicted molar refractivity (Wildman–Crippen MR) is 112 cm³/mol. The van der Waals surface area contributed by atoms with Crippen LogP contribution in [0, 0.1) is 20.2 Å². The summed E-state index contributed by atoms with van der Waals surface area (Å²) in [5, 5.41) is 24.7. The number of benzene rings is 2. The van der Waals surface area contributed by atoms with Crippen LogP contribution in [0.5, 0.6) is 0 Å². The maximum atomic E-state index is 12.6. The van der Waals surface area contributed by atoms with Crippen LogP contribution in [-0.2, 0) is 0 Å². The maximum Gasteiger partial charge on any atom is 0.269 e. The highest BCUT2D eigenvalue weighted by atomic mass is 35.5. The second-order valence-electron chi connectivity index (χ2n) is 6.96. The molecule has 1 amide bonds. The van der Waals surface area contributed by atoms with E-state index in [-0.39, 0.29) is 34.5 Å². The molecule has 2 atom stereocenters. The topological polar surface area (TPSA) is 128 Å². The Hall–Kier alpha value is -3.33. The van der Waals surface area contributed by atoms with Crippen LogP contribution < -0.4 is 5.32 Å². The third-order valence-electron chi connectivity index (χ3n) is 4.98. The van der Waals surface area contributed by atoms with Gasteiger partial charge < -0.3 is 5.32 Å². The van der Waals surface area contributed by atoms with Crippen molar-refractivity contribution in [1.82, 2.24) is 5.32 Å². The first kappa shape index (κ1) is 21.4. The molecule has 1 aliphatic rings. The maximum absolute atomic E-state index is 12.6. The standard InChI is InChI=1S/C20H19ClN4O5/c21-19(13-5-9-15(10-6-13)24(27)28)22-17-3-1-2-4-18(17)23-20(26)14-7-11-16(12-8-14)25(29)30/h5-12,17-18H,1-4H2,(H,23,26)/t17-,18-/m1/s1. The van der Waals surface area contributed by atoms with Crippen molar-refractivity contribution < 1.29 is 14.6 Å². The third-order valence-corrected chi connectivity index (χ3v) is 5.30. The van der Waals surface area contributed by atoms with E-state index in [1.807, 2.05) is 0 Å². The van der Waals surface area contributed by atoms with E-state index in [4.69, 9.17) is 11.6 Å². The number of hydrogen-bond acceptors (Lipinski definition) is 6. The molecule has 0 heterocycles. The average Bonchev–Trinajstić information content (AvgIpc) is 2.75. The smallest absolute Gasteiger partial charge is 0.269 e. The quantitative estimate of drug-likeness (QED) is 0.416. The summed E-state index contributed by atoms with van der Waals surface area (Å²) in [6.07, 6.45) is 3.36. The number of nitrogens with one attached hydrogen (secondary N) is 1. The van der Waals surface area contributed by atoms with E-state index in [1.54, 1.807) is 0 Å². The highest BCUT2D eigenvalue weighted by molar-refractivity contribution is 6.69. The Labute approximate surface area is 177 Å². The molecule has 0 radical (unpaired) electrons. The van der Waals surface area contributed by atoms with Crippen LogP contribution in [0.2, 0.25) is 0 Å². The number of nitrogens with zero attached hydrogens (tertiary/aromatic N) is 3. The van der Waals surface area contributed by atoms with Crippen molar-refractivity contribution in [1.29, 1.82) is 0 Å². The minimum atomic E-state index is -0.520. The summed E-state index contributed by atoms with van der Waals surface area (Å²) < 4.78 is 0. The molecule has 30 heavy (non-hydrogen) atoms. The number of nitro benzene ring substituents is 2. The number of aliphatic imine (C=N–C) groups is 1. The number of nitro groups is 2. The molecule has 2 aromatic rings. The Kier molecular flexibility index (Phi) is 6.73. The van der Waals surface area contributed by atoms with Gasteiger partial charge in [0.05, 0.1) is 21.9 Å². The summed E-state index contributed by atoms with van der Waals surface area (Å²) in [6, 6.07) is 10.7. The molecule has 156 valence electrons. The third kappa shape index (κ3) is 5.18. The summed E-state index contributed by atoms with van der Waals surface area (Å²) in [5.41, 5.74) is 0.777. The van der Waals surface area contributed by atoms with Gasteiger partial charge in [0.2, 0.25) is 0 Å². The summed E-state index contributed by atoms with van der Waals surface area (Å²) in [6.45, 7) is 0. The van der Waals surface area contributed by atoms with Crippen molar-refractivity contribution in [3.8, 4) is 0 Å².